The summed E-state index contributed by atoms with van der Waals surface area (Å²) < 4.78 is 0. The van der Waals surface area contributed by atoms with Gasteiger partial charge in [-0.1, -0.05) is 75.4 Å². The molecule has 0 aliphatic carbocycles. The predicted molar refractivity (Wildman–Crippen MR) is 79.9 cm³/mol. The van der Waals surface area contributed by atoms with Crippen LogP contribution in [0.3, 0.4) is 0 Å². The second-order valence-corrected chi connectivity index (χ2v) is 5.11. The van der Waals surface area contributed by atoms with Crippen LogP contribution in [0.1, 0.15) is 51.0 Å². The number of aryl methyl sites for hydroxylation is 1. The molecule has 0 aromatic heterocycles. The van der Waals surface area contributed by atoms with Crippen molar-refractivity contribution in [3.8, 4) is 0 Å². The lowest BCUT2D eigenvalue weighted by atomic mass is 10.0. The molecule has 0 unspecified atom stereocenters. The molecule has 2 rings (SSSR count). The van der Waals surface area contributed by atoms with Gasteiger partial charge in [0, 0.05) is 0 Å². The van der Waals surface area contributed by atoms with E-state index in [9.17, 15) is 0 Å². The van der Waals surface area contributed by atoms with Crippen LogP contribution in [-0.2, 0) is 6.42 Å². The van der Waals surface area contributed by atoms with Gasteiger partial charge >= 0.3 is 0 Å². The summed E-state index contributed by atoms with van der Waals surface area (Å²) in [5.74, 6) is 0. The summed E-state index contributed by atoms with van der Waals surface area (Å²) in [6, 6.07) is 16.3. The van der Waals surface area contributed by atoms with Crippen LogP contribution < -0.4 is 0 Å². The third-order valence-corrected chi connectivity index (χ3v) is 3.55. The standard InChI is InChI=1S/C18H23/c1-2-3-4-5-6-7-10-16-13-14-17-11-8-9-12-18(17)15-16/h8-9,11,13-15H,2-7,10H2,1H3. The van der Waals surface area contributed by atoms with E-state index in [1.165, 1.54) is 61.3 Å². The molecule has 0 heteroatoms. The lowest BCUT2D eigenvalue weighted by Crippen LogP contribution is -1.86. The molecule has 0 heterocycles. The average molecular weight is 239 g/mol. The second kappa shape index (κ2) is 7.20. The Balaban J connectivity index is 1.81. The molecule has 0 saturated heterocycles. The molecular formula is C18H23. The van der Waals surface area contributed by atoms with Gasteiger partial charge in [0.15, 0.2) is 0 Å². The number of rotatable bonds is 7. The molecule has 0 amide bonds. The predicted octanol–water partition coefficient (Wildman–Crippen LogP) is 5.54. The zero-order valence-corrected chi connectivity index (χ0v) is 11.4. The number of benzene rings is 2. The Labute approximate surface area is 111 Å². The van der Waals surface area contributed by atoms with Crippen molar-refractivity contribution in [2.75, 3.05) is 0 Å². The minimum absolute atomic E-state index is 1.21. The van der Waals surface area contributed by atoms with E-state index in [1.807, 2.05) is 6.07 Å². The largest absolute Gasteiger partial charge is 0.0654 e. The van der Waals surface area contributed by atoms with E-state index in [0.717, 1.165) is 0 Å². The van der Waals surface area contributed by atoms with Crippen molar-refractivity contribution in [2.45, 2.75) is 51.9 Å². The van der Waals surface area contributed by atoms with Crippen LogP contribution >= 0.6 is 0 Å². The Morgan fingerprint density at radius 2 is 1.78 bits per heavy atom. The number of hydrogen-bond donors (Lipinski definition) is 0. The summed E-state index contributed by atoms with van der Waals surface area (Å²) in [4.78, 5) is 0. The second-order valence-electron chi connectivity index (χ2n) is 5.11. The third kappa shape index (κ3) is 3.87. The molecule has 1 radical (unpaired) electrons. The summed E-state index contributed by atoms with van der Waals surface area (Å²) in [7, 11) is 0. The first-order chi connectivity index (χ1) is 8.90. The molecular weight excluding hydrogens is 216 g/mol. The van der Waals surface area contributed by atoms with Crippen LogP contribution in [0.2, 0.25) is 0 Å². The molecule has 2 aromatic carbocycles. The van der Waals surface area contributed by atoms with Crippen LogP contribution in [0.5, 0.6) is 0 Å². The number of hydrogen-bond acceptors (Lipinski definition) is 0. The van der Waals surface area contributed by atoms with Crippen LogP contribution in [0, 0.1) is 6.07 Å². The van der Waals surface area contributed by atoms with Crippen molar-refractivity contribution in [3.05, 3.63) is 48.0 Å². The Morgan fingerprint density at radius 3 is 2.67 bits per heavy atom. The molecule has 0 saturated carbocycles. The molecule has 0 N–H and O–H groups in total. The van der Waals surface area contributed by atoms with E-state index in [0.29, 0.717) is 0 Å². The smallest absolute Gasteiger partial charge is 0.00991 e. The summed E-state index contributed by atoms with van der Waals surface area (Å²) in [5.41, 5.74) is 1.46. The van der Waals surface area contributed by atoms with Gasteiger partial charge in [-0.05, 0) is 35.2 Å². The molecule has 95 valence electrons. The fourth-order valence-corrected chi connectivity index (χ4v) is 2.43. The van der Waals surface area contributed by atoms with Gasteiger partial charge in [-0.15, -0.1) is 0 Å². The van der Waals surface area contributed by atoms with E-state index in [2.05, 4.69) is 43.3 Å². The Morgan fingerprint density at radius 1 is 0.944 bits per heavy atom. The average Bonchev–Trinajstić information content (AvgIpc) is 2.42. The lowest BCUT2D eigenvalue weighted by Gasteiger charge is -2.04. The normalized spacial score (nSPS) is 10.9. The highest BCUT2D eigenvalue weighted by atomic mass is 14.0. The zero-order chi connectivity index (χ0) is 12.6. The first kappa shape index (κ1) is 13.1. The quantitative estimate of drug-likeness (QED) is 0.556. The van der Waals surface area contributed by atoms with Crippen molar-refractivity contribution >= 4 is 10.8 Å². The maximum absolute atomic E-state index is 3.31. The molecule has 0 atom stereocenters. The Hall–Kier alpha value is -1.30. The number of unbranched alkanes of at least 4 members (excludes halogenated alkanes) is 5. The van der Waals surface area contributed by atoms with Gasteiger partial charge in [0.2, 0.25) is 0 Å². The maximum atomic E-state index is 3.31. The van der Waals surface area contributed by atoms with Crippen molar-refractivity contribution in [1.29, 1.82) is 0 Å². The summed E-state index contributed by atoms with van der Waals surface area (Å²) in [5, 5.41) is 2.55. The highest BCUT2D eigenvalue weighted by Crippen LogP contribution is 2.17. The van der Waals surface area contributed by atoms with Crippen molar-refractivity contribution in [1.82, 2.24) is 0 Å². The number of fused-ring (bicyclic) bond motifs is 1. The summed E-state index contributed by atoms with van der Waals surface area (Å²) in [6.07, 6.45) is 9.43. The van der Waals surface area contributed by atoms with Gasteiger partial charge in [0.05, 0.1) is 0 Å². The molecule has 0 bridgehead atoms. The van der Waals surface area contributed by atoms with Gasteiger partial charge in [-0.3, -0.25) is 0 Å². The molecule has 0 nitrogen and oxygen atoms in total. The van der Waals surface area contributed by atoms with Crippen molar-refractivity contribution in [3.63, 3.8) is 0 Å². The first-order valence-corrected chi connectivity index (χ1v) is 7.29. The third-order valence-electron chi connectivity index (χ3n) is 3.55. The van der Waals surface area contributed by atoms with E-state index in [1.54, 1.807) is 0 Å². The fraction of sp³-hybridized carbons (Fsp3) is 0.444. The molecule has 0 fully saturated rings. The maximum Gasteiger partial charge on any atom is -0.00991 e. The fourth-order valence-electron chi connectivity index (χ4n) is 2.43. The molecule has 18 heavy (non-hydrogen) atoms. The molecule has 0 aliphatic rings. The van der Waals surface area contributed by atoms with Crippen molar-refractivity contribution < 1.29 is 0 Å². The zero-order valence-electron chi connectivity index (χ0n) is 11.4. The van der Waals surface area contributed by atoms with Crippen LogP contribution in [-0.4, -0.2) is 0 Å². The lowest BCUT2D eigenvalue weighted by molar-refractivity contribution is 0.607. The SMILES string of the molecule is CCCCCCCCc1ccc2ccc[c]c2c1. The van der Waals surface area contributed by atoms with Gasteiger partial charge in [0.1, 0.15) is 0 Å². The van der Waals surface area contributed by atoms with Gasteiger partial charge in [0.25, 0.3) is 0 Å². The Kier molecular flexibility index (Phi) is 5.26. The highest BCUT2D eigenvalue weighted by Gasteiger charge is 1.97. The summed E-state index contributed by atoms with van der Waals surface area (Å²) in [6.45, 7) is 2.27. The van der Waals surface area contributed by atoms with E-state index < -0.39 is 0 Å². The van der Waals surface area contributed by atoms with Crippen LogP contribution in [0.25, 0.3) is 10.8 Å². The summed E-state index contributed by atoms with van der Waals surface area (Å²) >= 11 is 0. The van der Waals surface area contributed by atoms with E-state index in [4.69, 9.17) is 0 Å². The molecule has 2 aromatic rings. The van der Waals surface area contributed by atoms with Crippen molar-refractivity contribution in [2.24, 2.45) is 0 Å². The first-order valence-electron chi connectivity index (χ1n) is 7.29. The van der Waals surface area contributed by atoms with Gasteiger partial charge in [-0.25, -0.2) is 0 Å². The molecule has 0 spiro atoms. The minimum atomic E-state index is 1.21. The van der Waals surface area contributed by atoms with Crippen LogP contribution in [0.15, 0.2) is 36.4 Å². The van der Waals surface area contributed by atoms with Gasteiger partial charge < -0.3 is 0 Å². The molecule has 0 aliphatic heterocycles. The minimum Gasteiger partial charge on any atom is -0.0654 e. The Bertz CT molecular complexity index is 470. The monoisotopic (exact) mass is 239 g/mol. The van der Waals surface area contributed by atoms with Gasteiger partial charge in [-0.2, -0.15) is 0 Å². The topological polar surface area (TPSA) is 0 Å². The highest BCUT2D eigenvalue weighted by molar-refractivity contribution is 5.82. The van der Waals surface area contributed by atoms with E-state index in [-0.39, 0.29) is 0 Å². The van der Waals surface area contributed by atoms with Crippen LogP contribution in [0.4, 0.5) is 0 Å². The van der Waals surface area contributed by atoms with E-state index >= 15 is 0 Å².